The minimum absolute atomic E-state index is 0.0581. The Kier molecular flexibility index (Phi) is 5.12. The third kappa shape index (κ3) is 3.85. The Balaban J connectivity index is 2.07. The second kappa shape index (κ2) is 7.37. The van der Waals surface area contributed by atoms with Crippen molar-refractivity contribution in [2.75, 3.05) is 17.7 Å². The number of hydrogen-bond donors (Lipinski definition) is 3. The van der Waals surface area contributed by atoms with Crippen molar-refractivity contribution in [3.63, 3.8) is 0 Å². The van der Waals surface area contributed by atoms with Crippen LogP contribution >= 0.6 is 0 Å². The molecule has 0 bridgehead atoms. The average Bonchev–Trinajstić information content (AvgIpc) is 3.04. The second-order valence-electron chi connectivity index (χ2n) is 6.61. The molecule has 0 aromatic carbocycles. The summed E-state index contributed by atoms with van der Waals surface area (Å²) in [6, 6.07) is 4.59. The molecule has 1 amide bonds. The number of nitrogens with zero attached hydrogens (tertiary/aromatic N) is 4. The molecule has 0 radical (unpaired) electrons. The van der Waals surface area contributed by atoms with Gasteiger partial charge in [0.15, 0.2) is 5.65 Å². The summed E-state index contributed by atoms with van der Waals surface area (Å²) >= 11 is 0. The summed E-state index contributed by atoms with van der Waals surface area (Å²) in [5, 5.41) is 12.8. The van der Waals surface area contributed by atoms with Gasteiger partial charge in [0.05, 0.1) is 11.9 Å². The minimum Gasteiger partial charge on any atom is -0.373 e. The molecule has 0 saturated heterocycles. The van der Waals surface area contributed by atoms with Gasteiger partial charge >= 0.3 is 0 Å². The maximum Gasteiger partial charge on any atom is 0.289 e. The highest BCUT2D eigenvalue weighted by Crippen LogP contribution is 2.32. The van der Waals surface area contributed by atoms with Crippen molar-refractivity contribution in [1.82, 2.24) is 24.9 Å². The molecule has 8 nitrogen and oxygen atoms in total. The Hall–Kier alpha value is -3.30. The highest BCUT2D eigenvalue weighted by molar-refractivity contribution is 6.00. The van der Waals surface area contributed by atoms with Crippen molar-refractivity contribution in [3.8, 4) is 0 Å². The average molecular weight is 389 g/mol. The number of alkyl halides is 2. The summed E-state index contributed by atoms with van der Waals surface area (Å²) in [6.45, 7) is 4.47. The van der Waals surface area contributed by atoms with Crippen LogP contribution in [0.25, 0.3) is 5.65 Å². The number of aromatic nitrogens is 4. The molecule has 0 unspecified atom stereocenters. The lowest BCUT2D eigenvalue weighted by Gasteiger charge is -2.16. The third-order valence-corrected chi connectivity index (χ3v) is 3.88. The van der Waals surface area contributed by atoms with E-state index in [2.05, 4.69) is 31.0 Å². The number of anilines is 3. The Morgan fingerprint density at radius 1 is 1.32 bits per heavy atom. The topological polar surface area (TPSA) is 96.2 Å². The Bertz CT molecular complexity index is 1010. The van der Waals surface area contributed by atoms with Gasteiger partial charge in [-0.2, -0.15) is 18.4 Å². The van der Waals surface area contributed by atoms with Crippen LogP contribution in [0.5, 0.6) is 0 Å². The summed E-state index contributed by atoms with van der Waals surface area (Å²) in [6.07, 6.45) is 2.72. The van der Waals surface area contributed by atoms with E-state index in [1.54, 1.807) is 19.2 Å². The van der Waals surface area contributed by atoms with E-state index in [1.807, 2.05) is 13.8 Å². The highest BCUT2D eigenvalue weighted by Gasteiger charge is 2.29. The Morgan fingerprint density at radius 2 is 2.07 bits per heavy atom. The van der Waals surface area contributed by atoms with Gasteiger partial charge in [0.1, 0.15) is 22.9 Å². The number of carbonyl (C=O) groups excluding carboxylic acids is 1. The fourth-order valence-corrected chi connectivity index (χ4v) is 2.70. The molecule has 3 aromatic heterocycles. The van der Waals surface area contributed by atoms with Gasteiger partial charge in [-0.25, -0.2) is 4.98 Å². The first-order chi connectivity index (χ1) is 13.2. The van der Waals surface area contributed by atoms with E-state index in [0.717, 1.165) is 6.92 Å². The molecule has 0 aliphatic heterocycles. The molecule has 0 saturated carbocycles. The van der Waals surface area contributed by atoms with Crippen LogP contribution in [0.4, 0.5) is 26.1 Å². The molecule has 3 rings (SSSR count). The molecule has 28 heavy (non-hydrogen) atoms. The van der Waals surface area contributed by atoms with Crippen molar-refractivity contribution < 1.29 is 13.6 Å². The maximum atomic E-state index is 13.9. The summed E-state index contributed by atoms with van der Waals surface area (Å²) in [5.41, 5.74) is 0.304. The molecule has 3 N–H and O–H groups in total. The van der Waals surface area contributed by atoms with Gasteiger partial charge in [0, 0.05) is 32.3 Å². The molecular formula is C18H21F2N7O. The van der Waals surface area contributed by atoms with E-state index in [1.165, 1.54) is 23.0 Å². The summed E-state index contributed by atoms with van der Waals surface area (Å²) in [7, 11) is 1.68. The first-order valence-electron chi connectivity index (χ1n) is 8.68. The van der Waals surface area contributed by atoms with Gasteiger partial charge in [0.25, 0.3) is 11.8 Å². The van der Waals surface area contributed by atoms with E-state index < -0.39 is 11.6 Å². The molecule has 148 valence electrons. The second-order valence-corrected chi connectivity index (χ2v) is 6.61. The maximum absolute atomic E-state index is 13.9. The molecule has 3 heterocycles. The van der Waals surface area contributed by atoms with Crippen LogP contribution in [0.1, 0.15) is 36.8 Å². The number of fused-ring (bicyclic) bond motifs is 1. The highest BCUT2D eigenvalue weighted by atomic mass is 19.3. The van der Waals surface area contributed by atoms with Crippen LogP contribution < -0.4 is 16.0 Å². The summed E-state index contributed by atoms with van der Waals surface area (Å²) in [4.78, 5) is 20.6. The fraction of sp³-hybridized carbons (Fsp3) is 0.333. The number of nitrogens with one attached hydrogen (secondary N) is 3. The van der Waals surface area contributed by atoms with Crippen LogP contribution in [-0.2, 0) is 5.92 Å². The van der Waals surface area contributed by atoms with E-state index in [9.17, 15) is 13.6 Å². The van der Waals surface area contributed by atoms with Crippen LogP contribution in [-0.4, -0.2) is 38.6 Å². The number of hydrogen-bond acceptors (Lipinski definition) is 6. The van der Waals surface area contributed by atoms with E-state index in [4.69, 9.17) is 0 Å². The van der Waals surface area contributed by atoms with Crippen molar-refractivity contribution >= 4 is 28.9 Å². The van der Waals surface area contributed by atoms with Gasteiger partial charge in [-0.15, -0.1) is 0 Å². The minimum atomic E-state index is -3.13. The Labute approximate surface area is 160 Å². The number of halogens is 2. The third-order valence-electron chi connectivity index (χ3n) is 3.88. The zero-order valence-corrected chi connectivity index (χ0v) is 15.9. The van der Waals surface area contributed by atoms with Crippen LogP contribution in [0, 0.1) is 0 Å². The predicted molar refractivity (Wildman–Crippen MR) is 102 cm³/mol. The lowest BCUT2D eigenvalue weighted by Crippen LogP contribution is -2.30. The monoisotopic (exact) mass is 389 g/mol. The molecule has 0 aliphatic rings. The van der Waals surface area contributed by atoms with Crippen molar-refractivity contribution in [2.24, 2.45) is 0 Å². The van der Waals surface area contributed by atoms with Gasteiger partial charge in [-0.1, -0.05) is 0 Å². The van der Waals surface area contributed by atoms with Crippen molar-refractivity contribution in [3.05, 3.63) is 41.9 Å². The fourth-order valence-electron chi connectivity index (χ4n) is 2.70. The SMILES string of the molecule is CNc1cc(Nc2cccnc2C(C)(F)F)nc2c(C(=O)NC(C)C)cnn12. The molecule has 0 aliphatic carbocycles. The first-order valence-corrected chi connectivity index (χ1v) is 8.68. The number of rotatable bonds is 6. The molecule has 0 fully saturated rings. The number of amides is 1. The smallest absolute Gasteiger partial charge is 0.289 e. The van der Waals surface area contributed by atoms with Gasteiger partial charge in [-0.3, -0.25) is 9.78 Å². The molecule has 0 atom stereocenters. The van der Waals surface area contributed by atoms with Crippen LogP contribution in [0.2, 0.25) is 0 Å². The normalized spacial score (nSPS) is 11.7. The summed E-state index contributed by atoms with van der Waals surface area (Å²) in [5.74, 6) is -2.64. The number of pyridine rings is 1. The standard InChI is InChI=1S/C18H21F2N7O/c1-10(2)24-17(28)11-9-23-27-14(21-4)8-13(26-16(11)27)25-12-6-5-7-22-15(12)18(3,19)20/h5-10,21H,1-4H3,(H,24,28)(H,25,26). The van der Waals surface area contributed by atoms with Crippen LogP contribution in [0.15, 0.2) is 30.6 Å². The van der Waals surface area contributed by atoms with Gasteiger partial charge < -0.3 is 16.0 Å². The van der Waals surface area contributed by atoms with Crippen molar-refractivity contribution in [1.29, 1.82) is 0 Å². The Morgan fingerprint density at radius 3 is 2.71 bits per heavy atom. The molecule has 3 aromatic rings. The zero-order chi connectivity index (χ0) is 20.5. The van der Waals surface area contributed by atoms with E-state index in [-0.39, 0.29) is 29.0 Å². The number of carbonyl (C=O) groups is 1. The largest absolute Gasteiger partial charge is 0.373 e. The molecule has 10 heteroatoms. The van der Waals surface area contributed by atoms with Gasteiger partial charge in [-0.05, 0) is 26.0 Å². The van der Waals surface area contributed by atoms with Crippen LogP contribution in [0.3, 0.4) is 0 Å². The predicted octanol–water partition coefficient (Wildman–Crippen LogP) is 3.16. The zero-order valence-electron chi connectivity index (χ0n) is 15.9. The lowest BCUT2D eigenvalue weighted by atomic mass is 10.2. The van der Waals surface area contributed by atoms with E-state index >= 15 is 0 Å². The van der Waals surface area contributed by atoms with Gasteiger partial charge in [0.2, 0.25) is 0 Å². The molecular weight excluding hydrogens is 368 g/mol. The van der Waals surface area contributed by atoms with E-state index in [0.29, 0.717) is 11.5 Å². The first kappa shape index (κ1) is 19.5. The molecule has 0 spiro atoms. The summed E-state index contributed by atoms with van der Waals surface area (Å²) < 4.78 is 29.2. The lowest BCUT2D eigenvalue weighted by molar-refractivity contribution is 0.0136. The quantitative estimate of drug-likeness (QED) is 0.599. The van der Waals surface area contributed by atoms with Crippen molar-refractivity contribution in [2.45, 2.75) is 32.7 Å².